The molecule has 0 bridgehead atoms. The summed E-state index contributed by atoms with van der Waals surface area (Å²) in [6.45, 7) is 1.95. The third kappa shape index (κ3) is 2.45. The van der Waals surface area contributed by atoms with E-state index in [4.69, 9.17) is 5.73 Å². The van der Waals surface area contributed by atoms with Gasteiger partial charge in [0.15, 0.2) is 0 Å². The van der Waals surface area contributed by atoms with Crippen LogP contribution < -0.4 is 5.73 Å². The first-order valence-electron chi connectivity index (χ1n) is 5.10. The molecular formula is C12H11F2N3. The van der Waals surface area contributed by atoms with E-state index in [9.17, 15) is 8.78 Å². The van der Waals surface area contributed by atoms with Gasteiger partial charge in [0.25, 0.3) is 0 Å². The number of aryl methyl sites for hydroxylation is 1. The van der Waals surface area contributed by atoms with E-state index in [0.29, 0.717) is 17.2 Å². The van der Waals surface area contributed by atoms with Gasteiger partial charge < -0.3 is 5.73 Å². The van der Waals surface area contributed by atoms with E-state index in [1.165, 1.54) is 12.1 Å². The van der Waals surface area contributed by atoms with Gasteiger partial charge in [0.1, 0.15) is 17.5 Å². The van der Waals surface area contributed by atoms with E-state index in [1.807, 2.05) is 0 Å². The van der Waals surface area contributed by atoms with Crippen LogP contribution in [-0.4, -0.2) is 9.97 Å². The van der Waals surface area contributed by atoms with Crippen LogP contribution in [-0.2, 0) is 6.54 Å². The lowest BCUT2D eigenvalue weighted by Crippen LogP contribution is -2.03. The van der Waals surface area contributed by atoms with Crippen molar-refractivity contribution >= 4 is 0 Å². The number of rotatable bonds is 2. The van der Waals surface area contributed by atoms with Gasteiger partial charge in [-0.25, -0.2) is 18.7 Å². The highest BCUT2D eigenvalue weighted by Gasteiger charge is 2.09. The summed E-state index contributed by atoms with van der Waals surface area (Å²) in [4.78, 5) is 8.21. The molecule has 0 unspecified atom stereocenters. The fourth-order valence-electron chi connectivity index (χ4n) is 1.57. The van der Waals surface area contributed by atoms with E-state index in [1.54, 1.807) is 13.0 Å². The highest BCUT2D eigenvalue weighted by Crippen LogP contribution is 2.22. The minimum Gasteiger partial charge on any atom is -0.325 e. The van der Waals surface area contributed by atoms with Gasteiger partial charge in [-0.2, -0.15) is 0 Å². The van der Waals surface area contributed by atoms with Crippen LogP contribution in [0.5, 0.6) is 0 Å². The summed E-state index contributed by atoms with van der Waals surface area (Å²) in [7, 11) is 0. The Morgan fingerprint density at radius 1 is 1.18 bits per heavy atom. The van der Waals surface area contributed by atoms with E-state index in [2.05, 4.69) is 9.97 Å². The Balaban J connectivity index is 2.55. The van der Waals surface area contributed by atoms with Crippen LogP contribution in [0.2, 0.25) is 0 Å². The predicted octanol–water partition coefficient (Wildman–Crippen LogP) is 2.19. The second kappa shape index (κ2) is 4.55. The van der Waals surface area contributed by atoms with Crippen LogP contribution in [0, 0.1) is 18.6 Å². The Morgan fingerprint density at radius 2 is 1.94 bits per heavy atom. The van der Waals surface area contributed by atoms with Crippen LogP contribution in [0.3, 0.4) is 0 Å². The number of nitrogens with zero attached hydrogens (tertiary/aromatic N) is 2. The maximum atomic E-state index is 13.6. The maximum absolute atomic E-state index is 13.6. The summed E-state index contributed by atoms with van der Waals surface area (Å²) in [5.41, 5.74) is 6.76. The Kier molecular flexibility index (Phi) is 3.10. The highest BCUT2D eigenvalue weighted by atomic mass is 19.1. The third-order valence-corrected chi connectivity index (χ3v) is 2.31. The van der Waals surface area contributed by atoms with E-state index >= 15 is 0 Å². The van der Waals surface area contributed by atoms with E-state index < -0.39 is 11.6 Å². The van der Waals surface area contributed by atoms with Crippen LogP contribution in [0.4, 0.5) is 8.78 Å². The van der Waals surface area contributed by atoms with Crippen molar-refractivity contribution in [3.8, 4) is 11.3 Å². The SMILES string of the molecule is Cc1nc(CN)cc(-c2ccc(F)cc2F)n1. The molecule has 0 atom stereocenters. The summed E-state index contributed by atoms with van der Waals surface area (Å²) < 4.78 is 26.4. The van der Waals surface area contributed by atoms with Gasteiger partial charge in [-0.3, -0.25) is 0 Å². The number of hydrogen-bond acceptors (Lipinski definition) is 3. The number of benzene rings is 1. The zero-order chi connectivity index (χ0) is 12.4. The summed E-state index contributed by atoms with van der Waals surface area (Å²) in [5.74, 6) is -0.756. The molecule has 0 radical (unpaired) electrons. The van der Waals surface area contributed by atoms with Gasteiger partial charge in [-0.05, 0) is 25.1 Å². The standard InChI is InChI=1S/C12H11F2N3/c1-7-16-9(6-15)5-12(17-7)10-3-2-8(13)4-11(10)14/h2-5H,6,15H2,1H3. The van der Waals surface area contributed by atoms with Crippen LogP contribution in [0.1, 0.15) is 11.5 Å². The molecule has 1 heterocycles. The molecule has 0 aliphatic carbocycles. The minimum atomic E-state index is -0.647. The monoisotopic (exact) mass is 235 g/mol. The molecule has 88 valence electrons. The molecule has 1 aromatic heterocycles. The molecule has 0 saturated carbocycles. The average molecular weight is 235 g/mol. The quantitative estimate of drug-likeness (QED) is 0.868. The maximum Gasteiger partial charge on any atom is 0.135 e. The first-order chi connectivity index (χ1) is 8.10. The smallest absolute Gasteiger partial charge is 0.135 e. The second-order valence-electron chi connectivity index (χ2n) is 3.62. The molecule has 0 fully saturated rings. The molecule has 0 spiro atoms. The van der Waals surface area contributed by atoms with Gasteiger partial charge in [0.2, 0.25) is 0 Å². The summed E-state index contributed by atoms with van der Waals surface area (Å²) in [6.07, 6.45) is 0. The Bertz CT molecular complexity index is 555. The van der Waals surface area contributed by atoms with E-state index in [0.717, 1.165) is 6.07 Å². The molecule has 2 rings (SSSR count). The van der Waals surface area contributed by atoms with Crippen LogP contribution in [0.25, 0.3) is 11.3 Å². The highest BCUT2D eigenvalue weighted by molar-refractivity contribution is 5.60. The van der Waals surface area contributed by atoms with Crippen molar-refractivity contribution < 1.29 is 8.78 Å². The first-order valence-corrected chi connectivity index (χ1v) is 5.10. The predicted molar refractivity (Wildman–Crippen MR) is 60.0 cm³/mol. The number of nitrogens with two attached hydrogens (primary N) is 1. The first kappa shape index (κ1) is 11.6. The van der Waals surface area contributed by atoms with Crippen molar-refractivity contribution in [3.63, 3.8) is 0 Å². The fourth-order valence-corrected chi connectivity index (χ4v) is 1.57. The molecule has 0 aliphatic heterocycles. The normalized spacial score (nSPS) is 10.6. The van der Waals surface area contributed by atoms with Gasteiger partial charge in [-0.1, -0.05) is 0 Å². The Hall–Kier alpha value is -1.88. The lowest BCUT2D eigenvalue weighted by molar-refractivity contribution is 0.585. The zero-order valence-electron chi connectivity index (χ0n) is 9.24. The van der Waals surface area contributed by atoms with Crippen molar-refractivity contribution in [2.75, 3.05) is 0 Å². The van der Waals surface area contributed by atoms with Gasteiger partial charge >= 0.3 is 0 Å². The van der Waals surface area contributed by atoms with Gasteiger partial charge in [0.05, 0.1) is 11.4 Å². The van der Waals surface area contributed by atoms with E-state index in [-0.39, 0.29) is 12.1 Å². The molecule has 2 aromatic rings. The van der Waals surface area contributed by atoms with Crippen molar-refractivity contribution in [2.45, 2.75) is 13.5 Å². The Labute approximate surface area is 97.3 Å². The number of hydrogen-bond donors (Lipinski definition) is 1. The summed E-state index contributed by atoms with van der Waals surface area (Å²) in [6, 6.07) is 4.98. The van der Waals surface area contributed by atoms with Crippen molar-refractivity contribution in [1.82, 2.24) is 9.97 Å². The molecular weight excluding hydrogens is 224 g/mol. The van der Waals surface area contributed by atoms with Crippen LogP contribution in [0.15, 0.2) is 24.3 Å². The lowest BCUT2D eigenvalue weighted by atomic mass is 10.1. The second-order valence-corrected chi connectivity index (χ2v) is 3.62. The zero-order valence-corrected chi connectivity index (χ0v) is 9.24. The molecule has 3 nitrogen and oxygen atoms in total. The summed E-state index contributed by atoms with van der Waals surface area (Å²) >= 11 is 0. The third-order valence-electron chi connectivity index (χ3n) is 2.31. The van der Waals surface area contributed by atoms with Crippen molar-refractivity contribution in [1.29, 1.82) is 0 Å². The Morgan fingerprint density at radius 3 is 2.59 bits per heavy atom. The van der Waals surface area contributed by atoms with Gasteiger partial charge in [-0.15, -0.1) is 0 Å². The number of halogens is 2. The molecule has 0 amide bonds. The topological polar surface area (TPSA) is 51.8 Å². The molecule has 0 aliphatic rings. The van der Waals surface area contributed by atoms with Crippen LogP contribution >= 0.6 is 0 Å². The average Bonchev–Trinajstić information content (AvgIpc) is 2.28. The number of aromatic nitrogens is 2. The minimum absolute atomic E-state index is 0.242. The molecule has 17 heavy (non-hydrogen) atoms. The molecule has 2 N–H and O–H groups in total. The molecule has 0 saturated heterocycles. The lowest BCUT2D eigenvalue weighted by Gasteiger charge is -2.06. The van der Waals surface area contributed by atoms with Crippen molar-refractivity contribution in [2.24, 2.45) is 5.73 Å². The summed E-state index contributed by atoms with van der Waals surface area (Å²) in [5, 5.41) is 0. The largest absolute Gasteiger partial charge is 0.325 e. The van der Waals surface area contributed by atoms with Gasteiger partial charge in [0, 0.05) is 18.2 Å². The molecule has 5 heteroatoms. The fraction of sp³-hybridized carbons (Fsp3) is 0.167. The van der Waals surface area contributed by atoms with Crippen molar-refractivity contribution in [3.05, 3.63) is 47.4 Å². The molecule has 1 aromatic carbocycles.